The molecule has 0 aromatic carbocycles. The molecular weight excluding hydrogens is 262 g/mol. The molecule has 7 heteroatoms. The molecule has 0 saturated carbocycles. The van der Waals surface area contributed by atoms with Crippen molar-refractivity contribution in [1.29, 1.82) is 0 Å². The third-order valence-corrected chi connectivity index (χ3v) is 3.51. The highest BCUT2D eigenvalue weighted by atomic mass is 35.5. The molecule has 2 rings (SSSR count). The van der Waals surface area contributed by atoms with Gasteiger partial charge in [0, 0.05) is 31.2 Å². The molecule has 0 spiro atoms. The van der Waals surface area contributed by atoms with Gasteiger partial charge in [-0.1, -0.05) is 23.4 Å². The van der Waals surface area contributed by atoms with Crippen molar-refractivity contribution in [1.82, 2.24) is 9.97 Å². The smallest absolute Gasteiger partial charge is 0.229 e. The summed E-state index contributed by atoms with van der Waals surface area (Å²) >= 11 is 6.93. The lowest BCUT2D eigenvalue weighted by Gasteiger charge is -2.14. The molecule has 1 amide bonds. The molecule has 1 fully saturated rings. The first-order valence-corrected chi connectivity index (χ1v) is 6.27. The summed E-state index contributed by atoms with van der Waals surface area (Å²) in [6, 6.07) is 1.54. The Morgan fingerprint density at radius 1 is 1.59 bits per heavy atom. The largest absolute Gasteiger partial charge is 0.296 e. The Morgan fingerprint density at radius 2 is 2.35 bits per heavy atom. The lowest BCUT2D eigenvalue weighted by atomic mass is 10.4. The van der Waals surface area contributed by atoms with E-state index in [4.69, 9.17) is 11.6 Å². The number of carbonyl (C=O) groups is 2. The highest BCUT2D eigenvalue weighted by molar-refractivity contribution is 8.14. The van der Waals surface area contributed by atoms with E-state index in [0.29, 0.717) is 23.9 Å². The minimum absolute atomic E-state index is 0.00580. The zero-order valence-electron chi connectivity index (χ0n) is 9.09. The van der Waals surface area contributed by atoms with E-state index >= 15 is 0 Å². The van der Waals surface area contributed by atoms with Gasteiger partial charge in [0.15, 0.2) is 5.12 Å². The average molecular weight is 272 g/mol. The maximum Gasteiger partial charge on any atom is 0.229 e. The first-order chi connectivity index (χ1) is 8.06. The minimum atomic E-state index is -0.0430. The molecular formula is C10H10ClN3O2S. The molecule has 0 radical (unpaired) electrons. The van der Waals surface area contributed by atoms with Gasteiger partial charge in [0.1, 0.15) is 17.3 Å². The number of aromatic nitrogens is 2. The molecule has 1 aliphatic rings. The summed E-state index contributed by atoms with van der Waals surface area (Å²) in [5.74, 6) is 0.445. The van der Waals surface area contributed by atoms with Crippen molar-refractivity contribution in [3.05, 3.63) is 17.5 Å². The van der Waals surface area contributed by atoms with Gasteiger partial charge in [-0.3, -0.25) is 14.5 Å². The van der Waals surface area contributed by atoms with Crippen molar-refractivity contribution in [3.63, 3.8) is 0 Å². The Hall–Kier alpha value is -1.14. The van der Waals surface area contributed by atoms with Gasteiger partial charge >= 0.3 is 0 Å². The van der Waals surface area contributed by atoms with Crippen LogP contribution in [0.5, 0.6) is 0 Å². The van der Waals surface area contributed by atoms with E-state index in [9.17, 15) is 9.59 Å². The number of halogens is 1. The van der Waals surface area contributed by atoms with E-state index in [1.807, 2.05) is 0 Å². The molecule has 0 aliphatic carbocycles. The number of hydrogen-bond donors (Lipinski definition) is 0. The van der Waals surface area contributed by atoms with E-state index in [2.05, 4.69) is 9.97 Å². The van der Waals surface area contributed by atoms with Gasteiger partial charge in [0.05, 0.1) is 0 Å². The maximum absolute atomic E-state index is 11.8. The van der Waals surface area contributed by atoms with Crippen LogP contribution in [0.15, 0.2) is 12.4 Å². The molecule has 1 atom stereocenters. The number of nitrogens with zero attached hydrogens (tertiary/aromatic N) is 3. The van der Waals surface area contributed by atoms with Crippen LogP contribution < -0.4 is 4.90 Å². The average Bonchev–Trinajstić information content (AvgIpc) is 2.58. The third-order valence-electron chi connectivity index (χ3n) is 2.32. The fraction of sp³-hybridized carbons (Fsp3) is 0.400. The fourth-order valence-electron chi connectivity index (χ4n) is 1.68. The topological polar surface area (TPSA) is 63.2 Å². The van der Waals surface area contributed by atoms with E-state index in [0.717, 1.165) is 0 Å². The van der Waals surface area contributed by atoms with Crippen molar-refractivity contribution in [2.45, 2.75) is 18.6 Å². The number of carbonyl (C=O) groups excluding carboxylic acids is 2. The molecule has 2 heterocycles. The first kappa shape index (κ1) is 12.3. The van der Waals surface area contributed by atoms with Gasteiger partial charge in [-0.2, -0.15) is 0 Å². The highest BCUT2D eigenvalue weighted by Gasteiger charge is 2.32. The summed E-state index contributed by atoms with van der Waals surface area (Å²) in [6.07, 6.45) is 1.67. The summed E-state index contributed by atoms with van der Waals surface area (Å²) in [4.78, 5) is 32.1. The second kappa shape index (κ2) is 5.01. The summed E-state index contributed by atoms with van der Waals surface area (Å²) in [5.41, 5.74) is 0. The van der Waals surface area contributed by atoms with Crippen molar-refractivity contribution in [2.75, 3.05) is 11.4 Å². The third kappa shape index (κ3) is 2.95. The molecule has 1 aromatic rings. The predicted molar refractivity (Wildman–Crippen MR) is 66.1 cm³/mol. The lowest BCUT2D eigenvalue weighted by Crippen LogP contribution is -2.26. The van der Waals surface area contributed by atoms with Crippen LogP contribution >= 0.6 is 23.4 Å². The molecule has 1 aromatic heterocycles. The van der Waals surface area contributed by atoms with Crippen LogP contribution in [0.25, 0.3) is 0 Å². The minimum Gasteiger partial charge on any atom is -0.296 e. The van der Waals surface area contributed by atoms with Crippen molar-refractivity contribution in [2.24, 2.45) is 0 Å². The summed E-state index contributed by atoms with van der Waals surface area (Å²) in [7, 11) is 0. The van der Waals surface area contributed by atoms with Crippen LogP contribution in [-0.4, -0.2) is 32.8 Å². The van der Waals surface area contributed by atoms with E-state index in [1.165, 1.54) is 29.9 Å². The number of thioether (sulfide) groups is 1. The summed E-state index contributed by atoms with van der Waals surface area (Å²) < 4.78 is 0. The lowest BCUT2D eigenvalue weighted by molar-refractivity contribution is -0.117. The molecule has 0 N–H and O–H groups in total. The SMILES string of the molecule is CC(=O)SC1CC(=O)N(c2cc(Cl)ncn2)C1. The van der Waals surface area contributed by atoms with Crippen LogP contribution in [-0.2, 0) is 9.59 Å². The van der Waals surface area contributed by atoms with Crippen molar-refractivity contribution < 1.29 is 9.59 Å². The van der Waals surface area contributed by atoms with Crippen LogP contribution in [0.3, 0.4) is 0 Å². The van der Waals surface area contributed by atoms with E-state index in [-0.39, 0.29) is 16.3 Å². The van der Waals surface area contributed by atoms with Crippen LogP contribution in [0.2, 0.25) is 5.15 Å². The van der Waals surface area contributed by atoms with Crippen LogP contribution in [0.4, 0.5) is 5.82 Å². The number of amides is 1. The predicted octanol–water partition coefficient (Wildman–Crippen LogP) is 1.51. The number of rotatable bonds is 2. The quantitative estimate of drug-likeness (QED) is 0.763. The molecule has 0 bridgehead atoms. The molecule has 17 heavy (non-hydrogen) atoms. The monoisotopic (exact) mass is 271 g/mol. The maximum atomic E-state index is 11.8. The number of hydrogen-bond acceptors (Lipinski definition) is 5. The second-order valence-corrected chi connectivity index (χ2v) is 5.50. The standard InChI is InChI=1S/C10H10ClN3O2S/c1-6(15)17-7-2-10(16)14(4-7)9-3-8(11)12-5-13-9/h3,5,7H,2,4H2,1H3. The van der Waals surface area contributed by atoms with E-state index < -0.39 is 0 Å². The molecule has 1 unspecified atom stereocenters. The van der Waals surface area contributed by atoms with Crippen molar-refractivity contribution >= 4 is 40.2 Å². The Morgan fingerprint density at radius 3 is 3.00 bits per heavy atom. The molecule has 1 aliphatic heterocycles. The summed E-state index contributed by atoms with van der Waals surface area (Å²) in [6.45, 7) is 1.98. The van der Waals surface area contributed by atoms with Gasteiger partial charge in [0.25, 0.3) is 0 Å². The fourth-order valence-corrected chi connectivity index (χ4v) is 2.74. The zero-order chi connectivity index (χ0) is 12.4. The van der Waals surface area contributed by atoms with Gasteiger partial charge < -0.3 is 0 Å². The Bertz CT molecular complexity index is 469. The first-order valence-electron chi connectivity index (χ1n) is 5.01. The normalized spacial score (nSPS) is 19.8. The second-order valence-electron chi connectivity index (χ2n) is 3.64. The Kier molecular flexibility index (Phi) is 3.63. The Balaban J connectivity index is 2.13. The molecule has 1 saturated heterocycles. The summed E-state index contributed by atoms with van der Waals surface area (Å²) in [5, 5.41) is 0.310. The highest BCUT2D eigenvalue weighted by Crippen LogP contribution is 2.27. The van der Waals surface area contributed by atoms with Gasteiger partial charge in [-0.25, -0.2) is 9.97 Å². The number of anilines is 1. The van der Waals surface area contributed by atoms with Gasteiger partial charge in [-0.15, -0.1) is 0 Å². The van der Waals surface area contributed by atoms with Gasteiger partial charge in [-0.05, 0) is 0 Å². The van der Waals surface area contributed by atoms with Gasteiger partial charge in [0.2, 0.25) is 5.91 Å². The Labute approximate surface area is 108 Å². The van der Waals surface area contributed by atoms with Crippen LogP contribution in [0.1, 0.15) is 13.3 Å². The van der Waals surface area contributed by atoms with E-state index in [1.54, 1.807) is 6.07 Å². The van der Waals surface area contributed by atoms with Crippen molar-refractivity contribution in [3.8, 4) is 0 Å². The zero-order valence-corrected chi connectivity index (χ0v) is 10.7. The van der Waals surface area contributed by atoms with Crippen LogP contribution in [0, 0.1) is 0 Å². The molecule has 5 nitrogen and oxygen atoms in total. The molecule has 90 valence electrons.